The lowest BCUT2D eigenvalue weighted by Gasteiger charge is -2.34. The Kier molecular flexibility index (Phi) is 9.52. The molecule has 0 unspecified atom stereocenters. The van der Waals surface area contributed by atoms with E-state index in [1.807, 2.05) is 24.3 Å². The first-order valence-electron chi connectivity index (χ1n) is 12.7. The summed E-state index contributed by atoms with van der Waals surface area (Å²) in [6, 6.07) is 20.9. The predicted octanol–water partition coefficient (Wildman–Crippen LogP) is 4.10. The normalized spacial score (nSPS) is 14.0. The summed E-state index contributed by atoms with van der Waals surface area (Å²) in [5.74, 6) is 0.611. The average Bonchev–Trinajstić information content (AvgIpc) is 3.41. The first-order valence-corrected chi connectivity index (χ1v) is 14.9. The minimum absolute atomic E-state index is 0. The van der Waals surface area contributed by atoms with Crippen LogP contribution in [0.4, 0.5) is 10.8 Å². The first kappa shape index (κ1) is 29.6. The van der Waals surface area contributed by atoms with Crippen molar-refractivity contribution in [2.24, 2.45) is 0 Å². The molecule has 0 bridgehead atoms. The van der Waals surface area contributed by atoms with E-state index in [1.165, 1.54) is 23.5 Å². The lowest BCUT2D eigenvalue weighted by atomic mass is 10.2. The number of sulfonamides is 1. The molecule has 0 saturated carbocycles. The quantitative estimate of drug-likeness (QED) is 0.309. The van der Waals surface area contributed by atoms with Gasteiger partial charge in [0.25, 0.3) is 15.9 Å². The van der Waals surface area contributed by atoms with Crippen LogP contribution in [0.1, 0.15) is 10.4 Å². The summed E-state index contributed by atoms with van der Waals surface area (Å²) in [6.45, 7) is 4.77. The number of carbonyl (C=O) groups excluding carboxylic acids is 1. The van der Waals surface area contributed by atoms with Gasteiger partial charge in [-0.15, -0.1) is 12.4 Å². The molecule has 212 valence electrons. The summed E-state index contributed by atoms with van der Waals surface area (Å²) in [5.41, 5.74) is 1.98. The zero-order chi connectivity index (χ0) is 27.4. The highest BCUT2D eigenvalue weighted by atomic mass is 35.5. The van der Waals surface area contributed by atoms with Crippen LogP contribution in [0.2, 0.25) is 0 Å². The predicted molar refractivity (Wildman–Crippen MR) is 163 cm³/mol. The van der Waals surface area contributed by atoms with Gasteiger partial charge in [0.15, 0.2) is 5.13 Å². The van der Waals surface area contributed by atoms with E-state index in [4.69, 9.17) is 9.72 Å². The Balaban J connectivity index is 0.00000370. The molecule has 40 heavy (non-hydrogen) atoms. The molecule has 1 aliphatic rings. The Hall–Kier alpha value is -3.38. The number of halogens is 1. The zero-order valence-electron chi connectivity index (χ0n) is 22.3. The topological polar surface area (TPSA) is 95.1 Å². The third-order valence-corrected chi connectivity index (χ3v) is 9.71. The number of methoxy groups -OCH3 is 1. The van der Waals surface area contributed by atoms with E-state index >= 15 is 0 Å². The second-order valence-corrected chi connectivity index (χ2v) is 12.2. The van der Waals surface area contributed by atoms with Gasteiger partial charge >= 0.3 is 0 Å². The number of hydrogen-bond acceptors (Lipinski definition) is 8. The standard InChI is InChI=1S/C28H31N5O4S2.ClH/c1-31(22-6-4-3-5-7-22)39(35,36)24-11-8-21(9-12-24)27(34)29-14-15-32-16-18-33(19-17-32)28-30-25-13-10-23(37-2)20-26(25)38-28;/h3-13,20H,14-19H2,1-2H3,(H,29,34);1H. The number of ether oxygens (including phenoxy) is 1. The van der Waals surface area contributed by atoms with Gasteiger partial charge < -0.3 is 15.0 Å². The largest absolute Gasteiger partial charge is 0.497 e. The number of benzene rings is 3. The van der Waals surface area contributed by atoms with Crippen LogP contribution in [-0.2, 0) is 10.0 Å². The van der Waals surface area contributed by atoms with Gasteiger partial charge in [0.1, 0.15) is 5.75 Å². The Morgan fingerprint density at radius 3 is 2.40 bits per heavy atom. The van der Waals surface area contributed by atoms with Crippen LogP contribution < -0.4 is 19.3 Å². The maximum absolute atomic E-state index is 13.0. The number of piperazine rings is 1. The van der Waals surface area contributed by atoms with Crippen molar-refractivity contribution in [3.63, 3.8) is 0 Å². The summed E-state index contributed by atoms with van der Waals surface area (Å²) in [5, 5.41) is 3.97. The molecule has 5 rings (SSSR count). The number of para-hydroxylation sites is 1. The van der Waals surface area contributed by atoms with Crippen LogP contribution in [0.15, 0.2) is 77.7 Å². The molecule has 1 amide bonds. The number of fused-ring (bicyclic) bond motifs is 1. The Labute approximate surface area is 244 Å². The van der Waals surface area contributed by atoms with E-state index in [0.717, 1.165) is 53.8 Å². The number of thiazole rings is 1. The summed E-state index contributed by atoms with van der Waals surface area (Å²) in [4.78, 5) is 22.2. The average molecular weight is 602 g/mol. The number of nitrogens with zero attached hydrogens (tertiary/aromatic N) is 4. The molecule has 0 spiro atoms. The second kappa shape index (κ2) is 12.9. The fourth-order valence-electron chi connectivity index (χ4n) is 4.46. The minimum Gasteiger partial charge on any atom is -0.497 e. The fourth-order valence-corrected chi connectivity index (χ4v) is 6.70. The van der Waals surface area contributed by atoms with Crippen molar-refractivity contribution < 1.29 is 17.9 Å². The molecule has 0 aliphatic carbocycles. The zero-order valence-corrected chi connectivity index (χ0v) is 24.8. The summed E-state index contributed by atoms with van der Waals surface area (Å²) >= 11 is 1.68. The third kappa shape index (κ3) is 6.49. The van der Waals surface area contributed by atoms with E-state index in [1.54, 1.807) is 54.8 Å². The molecule has 9 nitrogen and oxygen atoms in total. The van der Waals surface area contributed by atoms with Crippen LogP contribution in [0.3, 0.4) is 0 Å². The minimum atomic E-state index is -3.72. The molecule has 12 heteroatoms. The summed E-state index contributed by atoms with van der Waals surface area (Å²) < 4.78 is 33.6. The van der Waals surface area contributed by atoms with Crippen molar-refractivity contribution in [3.05, 3.63) is 78.4 Å². The maximum atomic E-state index is 13.0. The fraction of sp³-hybridized carbons (Fsp3) is 0.286. The van der Waals surface area contributed by atoms with Gasteiger partial charge in [0, 0.05) is 51.9 Å². The van der Waals surface area contributed by atoms with Crippen molar-refractivity contribution in [1.29, 1.82) is 0 Å². The molecule has 0 atom stereocenters. The Bertz CT molecular complexity index is 1540. The first-order chi connectivity index (χ1) is 18.8. The third-order valence-electron chi connectivity index (χ3n) is 6.84. The number of carbonyl (C=O) groups is 1. The summed E-state index contributed by atoms with van der Waals surface area (Å²) in [7, 11) is -0.538. The highest BCUT2D eigenvalue weighted by Gasteiger charge is 2.22. The maximum Gasteiger partial charge on any atom is 0.264 e. The van der Waals surface area contributed by atoms with Gasteiger partial charge in [-0.1, -0.05) is 29.5 Å². The highest BCUT2D eigenvalue weighted by Crippen LogP contribution is 2.31. The number of nitrogens with one attached hydrogen (secondary N) is 1. The van der Waals surface area contributed by atoms with Crippen LogP contribution in [0.25, 0.3) is 10.2 Å². The Morgan fingerprint density at radius 2 is 1.73 bits per heavy atom. The van der Waals surface area contributed by atoms with Gasteiger partial charge in [-0.05, 0) is 54.6 Å². The molecule has 0 radical (unpaired) electrons. The van der Waals surface area contributed by atoms with E-state index in [0.29, 0.717) is 17.8 Å². The molecule has 1 aliphatic heterocycles. The monoisotopic (exact) mass is 601 g/mol. The number of hydrogen-bond donors (Lipinski definition) is 1. The van der Waals surface area contributed by atoms with Gasteiger partial charge in [-0.2, -0.15) is 0 Å². The van der Waals surface area contributed by atoms with Crippen LogP contribution in [0, 0.1) is 0 Å². The lowest BCUT2D eigenvalue weighted by Crippen LogP contribution is -2.48. The number of amides is 1. The molecule has 1 N–H and O–H groups in total. The van der Waals surface area contributed by atoms with Crippen molar-refractivity contribution in [2.75, 3.05) is 62.6 Å². The molecule has 3 aromatic carbocycles. The van der Waals surface area contributed by atoms with Crippen molar-refractivity contribution in [2.45, 2.75) is 4.90 Å². The molecule has 4 aromatic rings. The van der Waals surface area contributed by atoms with Gasteiger partial charge in [0.05, 0.1) is 27.9 Å². The van der Waals surface area contributed by atoms with E-state index in [9.17, 15) is 13.2 Å². The molecular formula is C28H32ClN5O4S2. The molecule has 1 aromatic heterocycles. The number of aromatic nitrogens is 1. The van der Waals surface area contributed by atoms with Crippen LogP contribution >= 0.6 is 23.7 Å². The van der Waals surface area contributed by atoms with Gasteiger partial charge in [-0.3, -0.25) is 14.0 Å². The number of rotatable bonds is 9. The van der Waals surface area contributed by atoms with Crippen LogP contribution in [0.5, 0.6) is 5.75 Å². The Morgan fingerprint density at radius 1 is 1.02 bits per heavy atom. The molecule has 1 saturated heterocycles. The van der Waals surface area contributed by atoms with Gasteiger partial charge in [0.2, 0.25) is 0 Å². The van der Waals surface area contributed by atoms with E-state index < -0.39 is 10.0 Å². The second-order valence-electron chi connectivity index (χ2n) is 9.25. The molecular weight excluding hydrogens is 570 g/mol. The van der Waals surface area contributed by atoms with Gasteiger partial charge in [-0.25, -0.2) is 13.4 Å². The number of anilines is 2. The highest BCUT2D eigenvalue weighted by molar-refractivity contribution is 7.92. The van der Waals surface area contributed by atoms with E-state index in [2.05, 4.69) is 15.1 Å². The lowest BCUT2D eigenvalue weighted by molar-refractivity contribution is 0.0947. The van der Waals surface area contributed by atoms with Crippen molar-refractivity contribution in [1.82, 2.24) is 15.2 Å². The molecule has 2 heterocycles. The molecule has 1 fully saturated rings. The van der Waals surface area contributed by atoms with Crippen molar-refractivity contribution >= 4 is 60.7 Å². The smallest absolute Gasteiger partial charge is 0.264 e. The van der Waals surface area contributed by atoms with E-state index in [-0.39, 0.29) is 23.2 Å². The van der Waals surface area contributed by atoms with Crippen molar-refractivity contribution in [3.8, 4) is 5.75 Å². The SMILES string of the molecule is COc1ccc2nc(N3CCN(CCNC(=O)c4ccc(S(=O)(=O)N(C)c5ccccc5)cc4)CC3)sc2c1.Cl. The van der Waals surface area contributed by atoms with Crippen LogP contribution in [-0.4, -0.2) is 77.6 Å². The summed E-state index contributed by atoms with van der Waals surface area (Å²) in [6.07, 6.45) is 0.